The normalized spacial score (nSPS) is 11.7. The summed E-state index contributed by atoms with van der Waals surface area (Å²) < 4.78 is 20.6. The van der Waals surface area contributed by atoms with Crippen molar-refractivity contribution >= 4 is 27.8 Å². The molecule has 0 aliphatic carbocycles. The minimum absolute atomic E-state index is 0.318. The van der Waals surface area contributed by atoms with Gasteiger partial charge in [-0.25, -0.2) is 14.4 Å². The first-order valence-corrected chi connectivity index (χ1v) is 14.1. The highest BCUT2D eigenvalue weighted by atomic mass is 19.1. The molecule has 3 N–H and O–H groups in total. The third-order valence-electron chi connectivity index (χ3n) is 7.13. The summed E-state index contributed by atoms with van der Waals surface area (Å²) in [5.41, 5.74) is 6.93. The van der Waals surface area contributed by atoms with Gasteiger partial charge in [-0.1, -0.05) is 6.07 Å². The van der Waals surface area contributed by atoms with E-state index >= 15 is 0 Å². The fourth-order valence-corrected chi connectivity index (χ4v) is 4.91. The van der Waals surface area contributed by atoms with E-state index in [2.05, 4.69) is 46.3 Å². The van der Waals surface area contributed by atoms with Crippen LogP contribution < -0.4 is 10.1 Å². The molecule has 0 amide bonds. The van der Waals surface area contributed by atoms with Crippen LogP contribution in [0.2, 0.25) is 0 Å². The number of fused-ring (bicyclic) bond motifs is 2. The number of aromatic nitrogens is 6. The van der Waals surface area contributed by atoms with E-state index in [1.54, 1.807) is 12.4 Å². The summed E-state index contributed by atoms with van der Waals surface area (Å²) in [6, 6.07) is 14.9. The number of benzene rings is 2. The fourth-order valence-electron chi connectivity index (χ4n) is 4.91. The fraction of sp³-hybridized carbons (Fsp3) is 0.250. The van der Waals surface area contributed by atoms with Gasteiger partial charge in [-0.05, 0) is 81.8 Å². The summed E-state index contributed by atoms with van der Waals surface area (Å²) >= 11 is 0. The van der Waals surface area contributed by atoms with Crippen molar-refractivity contribution in [2.24, 2.45) is 0 Å². The number of ether oxygens (including phenoxy) is 1. The molecule has 6 aromatic rings. The SMILES string of the molecule is CN(C)CCNc1cc(F)cc(-c2ccnc3nc(-c4n[nH]c5ccc(-c6cncc(OCCN(C)C)c6)cc45)[nH]c23)c1. The van der Waals surface area contributed by atoms with Crippen molar-refractivity contribution in [2.45, 2.75) is 0 Å². The zero-order valence-electron chi connectivity index (χ0n) is 24.6. The Kier molecular flexibility index (Phi) is 7.99. The van der Waals surface area contributed by atoms with Gasteiger partial charge in [0.1, 0.15) is 23.9 Å². The number of halogens is 1. The second-order valence-corrected chi connectivity index (χ2v) is 11.0. The van der Waals surface area contributed by atoms with Gasteiger partial charge >= 0.3 is 0 Å². The Morgan fingerprint density at radius 3 is 2.60 bits per heavy atom. The second-order valence-electron chi connectivity index (χ2n) is 11.0. The van der Waals surface area contributed by atoms with E-state index in [0.717, 1.165) is 52.0 Å². The van der Waals surface area contributed by atoms with Crippen LogP contribution in [-0.2, 0) is 0 Å². The Balaban J connectivity index is 1.33. The monoisotopic (exact) mass is 579 g/mol. The van der Waals surface area contributed by atoms with E-state index in [9.17, 15) is 4.39 Å². The van der Waals surface area contributed by atoms with Crippen LogP contribution >= 0.6 is 0 Å². The van der Waals surface area contributed by atoms with Gasteiger partial charge in [-0.15, -0.1) is 0 Å². The quantitative estimate of drug-likeness (QED) is 0.190. The molecular weight excluding hydrogens is 545 g/mol. The van der Waals surface area contributed by atoms with Gasteiger partial charge in [0.15, 0.2) is 11.5 Å². The summed E-state index contributed by atoms with van der Waals surface area (Å²) in [7, 11) is 8.03. The predicted octanol–water partition coefficient (Wildman–Crippen LogP) is 5.28. The molecule has 11 heteroatoms. The van der Waals surface area contributed by atoms with Crippen LogP contribution in [0.5, 0.6) is 5.75 Å². The van der Waals surface area contributed by atoms with Crippen molar-refractivity contribution in [3.8, 4) is 39.5 Å². The molecule has 0 aliphatic heterocycles. The first-order chi connectivity index (χ1) is 20.8. The molecule has 43 heavy (non-hydrogen) atoms. The molecule has 4 aromatic heterocycles. The first-order valence-electron chi connectivity index (χ1n) is 14.1. The van der Waals surface area contributed by atoms with Crippen LogP contribution in [0, 0.1) is 5.82 Å². The molecule has 0 saturated heterocycles. The Labute approximate surface area is 248 Å². The average molecular weight is 580 g/mol. The number of anilines is 1. The summed E-state index contributed by atoms with van der Waals surface area (Å²) in [6.07, 6.45) is 5.23. The van der Waals surface area contributed by atoms with Crippen molar-refractivity contribution in [3.05, 3.63) is 72.9 Å². The number of pyridine rings is 2. The molecule has 0 bridgehead atoms. The number of rotatable bonds is 11. The molecule has 0 unspecified atom stereocenters. The van der Waals surface area contributed by atoms with Crippen molar-refractivity contribution in [3.63, 3.8) is 0 Å². The molecule has 220 valence electrons. The standard InChI is InChI=1S/C32H34FN9O/c1-41(2)10-9-35-24-14-21(13-23(33)17-24)26-7-8-36-31-29(26)37-32(38-31)30-27-16-20(5-6-28(27)39-40-30)22-15-25(19-34-18-22)43-12-11-42(3)4/h5-8,13-19,35H,9-12H2,1-4H3,(H,39,40)(H,36,37,38). The summed E-state index contributed by atoms with van der Waals surface area (Å²) in [4.78, 5) is 21.2. The molecule has 2 aromatic carbocycles. The van der Waals surface area contributed by atoms with Gasteiger partial charge in [0, 0.05) is 54.2 Å². The van der Waals surface area contributed by atoms with E-state index in [1.807, 2.05) is 64.7 Å². The molecule has 0 saturated carbocycles. The molecule has 6 rings (SSSR count). The Morgan fingerprint density at radius 2 is 1.77 bits per heavy atom. The maximum absolute atomic E-state index is 14.7. The van der Waals surface area contributed by atoms with Gasteiger partial charge in [0.05, 0.1) is 17.2 Å². The number of H-pyrrole nitrogens is 2. The largest absolute Gasteiger partial charge is 0.491 e. The summed E-state index contributed by atoms with van der Waals surface area (Å²) in [5, 5.41) is 11.9. The van der Waals surface area contributed by atoms with Gasteiger partial charge in [-0.3, -0.25) is 10.1 Å². The molecule has 4 heterocycles. The maximum Gasteiger partial charge on any atom is 0.178 e. The van der Waals surface area contributed by atoms with Gasteiger partial charge in [0.25, 0.3) is 0 Å². The van der Waals surface area contributed by atoms with Crippen LogP contribution in [0.25, 0.3) is 55.8 Å². The minimum atomic E-state index is -0.318. The van der Waals surface area contributed by atoms with E-state index < -0.39 is 0 Å². The van der Waals surface area contributed by atoms with Crippen molar-refractivity contribution < 1.29 is 9.13 Å². The number of hydrogen-bond donors (Lipinski definition) is 3. The summed E-state index contributed by atoms with van der Waals surface area (Å²) in [5.74, 6) is 0.969. The van der Waals surface area contributed by atoms with Crippen LogP contribution in [0.3, 0.4) is 0 Å². The van der Waals surface area contributed by atoms with Crippen LogP contribution in [0.4, 0.5) is 10.1 Å². The van der Waals surface area contributed by atoms with Gasteiger partial charge in [-0.2, -0.15) is 5.10 Å². The van der Waals surface area contributed by atoms with Gasteiger partial charge < -0.3 is 24.8 Å². The average Bonchev–Trinajstić information content (AvgIpc) is 3.60. The van der Waals surface area contributed by atoms with E-state index in [-0.39, 0.29) is 5.82 Å². The summed E-state index contributed by atoms with van der Waals surface area (Å²) in [6.45, 7) is 2.93. The zero-order chi connectivity index (χ0) is 29.9. The van der Waals surface area contributed by atoms with Crippen molar-refractivity contribution in [1.82, 2.24) is 39.9 Å². The van der Waals surface area contributed by atoms with Crippen LogP contribution in [0.15, 0.2) is 67.1 Å². The Bertz CT molecular complexity index is 1880. The maximum atomic E-state index is 14.7. The highest BCUT2D eigenvalue weighted by Gasteiger charge is 2.17. The molecule has 0 atom stereocenters. The van der Waals surface area contributed by atoms with Crippen LogP contribution in [-0.4, -0.2) is 94.4 Å². The van der Waals surface area contributed by atoms with E-state index in [1.165, 1.54) is 12.1 Å². The number of nitrogens with one attached hydrogen (secondary N) is 3. The molecule has 0 fully saturated rings. The number of aromatic amines is 2. The smallest absolute Gasteiger partial charge is 0.178 e. The predicted molar refractivity (Wildman–Crippen MR) is 169 cm³/mol. The number of imidazole rings is 1. The minimum Gasteiger partial charge on any atom is -0.491 e. The van der Waals surface area contributed by atoms with Crippen LogP contribution in [0.1, 0.15) is 0 Å². The highest BCUT2D eigenvalue weighted by molar-refractivity contribution is 5.97. The lowest BCUT2D eigenvalue weighted by Crippen LogP contribution is -2.20. The second kappa shape index (κ2) is 12.2. The topological polar surface area (TPSA) is 111 Å². The lowest BCUT2D eigenvalue weighted by molar-refractivity contribution is 0.261. The Hall–Kier alpha value is -4.87. The highest BCUT2D eigenvalue weighted by Crippen LogP contribution is 2.34. The molecule has 0 radical (unpaired) electrons. The number of nitrogens with zero attached hydrogens (tertiary/aromatic N) is 6. The Morgan fingerprint density at radius 1 is 0.907 bits per heavy atom. The van der Waals surface area contributed by atoms with E-state index in [0.29, 0.717) is 41.5 Å². The van der Waals surface area contributed by atoms with Crippen molar-refractivity contribution in [2.75, 3.05) is 59.7 Å². The lowest BCUT2D eigenvalue weighted by atomic mass is 10.0. The molecule has 10 nitrogen and oxygen atoms in total. The zero-order valence-corrected chi connectivity index (χ0v) is 24.6. The lowest BCUT2D eigenvalue weighted by Gasteiger charge is -2.13. The number of hydrogen-bond acceptors (Lipinski definition) is 8. The first kappa shape index (κ1) is 28.3. The molecular formula is C32H34FN9O. The third-order valence-corrected chi connectivity index (χ3v) is 7.13. The van der Waals surface area contributed by atoms with E-state index in [4.69, 9.17) is 9.72 Å². The van der Waals surface area contributed by atoms with Gasteiger partial charge in [0.2, 0.25) is 0 Å². The number of likely N-dealkylation sites (N-methyl/N-ethyl adjacent to an activating group) is 2. The third kappa shape index (κ3) is 6.32. The van der Waals surface area contributed by atoms with Crippen molar-refractivity contribution in [1.29, 1.82) is 0 Å². The molecule has 0 spiro atoms. The molecule has 0 aliphatic rings.